The zero-order valence-electron chi connectivity index (χ0n) is 23.6. The Labute approximate surface area is 221 Å². The third-order valence-electron chi connectivity index (χ3n) is 6.67. The van der Waals surface area contributed by atoms with Gasteiger partial charge < -0.3 is 24.6 Å². The summed E-state index contributed by atoms with van der Waals surface area (Å²) in [6, 6.07) is 3.71. The molecule has 1 saturated heterocycles. The van der Waals surface area contributed by atoms with Crippen molar-refractivity contribution in [3.05, 3.63) is 35.8 Å². The average Bonchev–Trinajstić information content (AvgIpc) is 2.77. The van der Waals surface area contributed by atoms with E-state index in [4.69, 9.17) is 9.47 Å². The van der Waals surface area contributed by atoms with Gasteiger partial charge in [-0.05, 0) is 71.9 Å². The van der Waals surface area contributed by atoms with Crippen molar-refractivity contribution >= 4 is 11.7 Å². The van der Waals surface area contributed by atoms with Gasteiger partial charge in [-0.2, -0.15) is 0 Å². The number of ether oxygens (including phenoxy) is 2. The molecule has 2 aromatic heterocycles. The normalized spacial score (nSPS) is 16.9. The van der Waals surface area contributed by atoms with Crippen LogP contribution in [0.25, 0.3) is 11.3 Å². The third kappa shape index (κ3) is 7.89. The smallest absolute Gasteiger partial charge is 0.337 e. The van der Waals surface area contributed by atoms with Crippen LogP contribution in [0, 0.1) is 12.3 Å². The molecule has 1 aliphatic rings. The molecule has 0 bridgehead atoms. The van der Waals surface area contributed by atoms with Crippen LogP contribution in [-0.2, 0) is 9.53 Å². The van der Waals surface area contributed by atoms with Gasteiger partial charge in [0.15, 0.2) is 6.10 Å². The van der Waals surface area contributed by atoms with Gasteiger partial charge in [-0.3, -0.25) is 9.97 Å². The fourth-order valence-electron chi connectivity index (χ4n) is 4.42. The highest BCUT2D eigenvalue weighted by atomic mass is 16.5. The van der Waals surface area contributed by atoms with Crippen molar-refractivity contribution in [2.45, 2.75) is 92.0 Å². The number of anilines is 1. The molecule has 8 nitrogen and oxygen atoms in total. The lowest BCUT2D eigenvalue weighted by atomic mass is 9.82. The molecule has 3 heterocycles. The number of nitrogens with zero attached hydrogens (tertiary/aromatic N) is 3. The molecular formula is C29H43N3O5. The summed E-state index contributed by atoms with van der Waals surface area (Å²) in [6.45, 7) is 17.4. The van der Waals surface area contributed by atoms with Gasteiger partial charge in [-0.25, -0.2) is 4.79 Å². The number of piperidine rings is 1. The van der Waals surface area contributed by atoms with E-state index in [2.05, 4.69) is 28.7 Å². The van der Waals surface area contributed by atoms with Crippen LogP contribution in [0.5, 0.6) is 5.75 Å². The van der Waals surface area contributed by atoms with E-state index in [0.29, 0.717) is 35.7 Å². The highest BCUT2D eigenvalue weighted by Crippen LogP contribution is 2.43. The minimum Gasteiger partial charge on any atom is -0.492 e. The standard InChI is InChI=1S/C29H43N3O5/c1-19-23(25(26(33)34)37-27(2,3)4)24(32-14-11-28(5,6)12-15-32)21(18-30-19)22-10-9-20(17-31-22)36-16-13-29(7,8)35/h9-10,17-18,25,35H,11-16H2,1-8H3,(H,33,34)/t25-/m0/s1. The van der Waals surface area contributed by atoms with Crippen molar-refractivity contribution in [1.82, 2.24) is 9.97 Å². The van der Waals surface area contributed by atoms with Gasteiger partial charge in [-0.1, -0.05) is 13.8 Å². The highest BCUT2D eigenvalue weighted by Gasteiger charge is 2.36. The first-order valence-electron chi connectivity index (χ1n) is 13.0. The molecule has 0 saturated carbocycles. The fraction of sp³-hybridized carbons (Fsp3) is 0.621. The first kappa shape index (κ1) is 28.9. The van der Waals surface area contributed by atoms with Gasteiger partial charge in [0.05, 0.1) is 35.4 Å². The molecule has 0 unspecified atom stereocenters. The SMILES string of the molecule is Cc1ncc(-c2ccc(OCCC(C)(C)O)cn2)c(N2CCC(C)(C)CC2)c1[C@H](OC(C)(C)C)C(=O)O. The van der Waals surface area contributed by atoms with Crippen LogP contribution in [0.1, 0.15) is 85.1 Å². The number of carbonyl (C=O) groups is 1. The number of rotatable bonds is 9. The Morgan fingerprint density at radius 3 is 2.27 bits per heavy atom. The lowest BCUT2D eigenvalue weighted by molar-refractivity contribution is -0.160. The maximum absolute atomic E-state index is 12.5. The van der Waals surface area contributed by atoms with Gasteiger partial charge in [-0.15, -0.1) is 0 Å². The van der Waals surface area contributed by atoms with Gasteiger partial charge in [0.1, 0.15) is 5.75 Å². The van der Waals surface area contributed by atoms with Crippen LogP contribution in [-0.4, -0.2) is 57.0 Å². The zero-order valence-corrected chi connectivity index (χ0v) is 23.6. The molecule has 0 amide bonds. The molecule has 2 aromatic rings. The molecule has 1 fully saturated rings. The molecular weight excluding hydrogens is 470 g/mol. The van der Waals surface area contributed by atoms with Crippen LogP contribution in [0.4, 0.5) is 5.69 Å². The lowest BCUT2D eigenvalue weighted by Gasteiger charge is -2.40. The Morgan fingerprint density at radius 1 is 1.11 bits per heavy atom. The lowest BCUT2D eigenvalue weighted by Crippen LogP contribution is -2.39. The largest absolute Gasteiger partial charge is 0.492 e. The minimum absolute atomic E-state index is 0.230. The molecule has 1 aliphatic heterocycles. The number of carboxylic acid groups (broad SMARTS) is 1. The van der Waals surface area contributed by atoms with E-state index in [0.717, 1.165) is 37.2 Å². The zero-order chi connectivity index (χ0) is 27.6. The van der Waals surface area contributed by atoms with Crippen molar-refractivity contribution in [3.63, 3.8) is 0 Å². The first-order chi connectivity index (χ1) is 17.1. The second-order valence-corrected chi connectivity index (χ2v) is 12.4. The highest BCUT2D eigenvalue weighted by molar-refractivity contribution is 5.85. The Hall–Kier alpha value is -2.71. The van der Waals surface area contributed by atoms with E-state index >= 15 is 0 Å². The summed E-state index contributed by atoms with van der Waals surface area (Å²) >= 11 is 0. The van der Waals surface area contributed by atoms with E-state index in [-0.39, 0.29) is 5.41 Å². The molecule has 37 heavy (non-hydrogen) atoms. The van der Waals surface area contributed by atoms with E-state index in [1.54, 1.807) is 26.2 Å². The summed E-state index contributed by atoms with van der Waals surface area (Å²) < 4.78 is 11.9. The van der Waals surface area contributed by atoms with E-state index in [1.807, 2.05) is 39.8 Å². The summed E-state index contributed by atoms with van der Waals surface area (Å²) in [6.07, 6.45) is 4.75. The number of aliphatic hydroxyl groups is 1. The minimum atomic E-state index is -1.16. The van der Waals surface area contributed by atoms with Crippen molar-refractivity contribution < 1.29 is 24.5 Å². The quantitative estimate of drug-likeness (QED) is 0.449. The van der Waals surface area contributed by atoms with Crippen molar-refractivity contribution in [2.75, 3.05) is 24.6 Å². The van der Waals surface area contributed by atoms with Gasteiger partial charge >= 0.3 is 5.97 Å². The predicted molar refractivity (Wildman–Crippen MR) is 145 cm³/mol. The number of pyridine rings is 2. The molecule has 3 rings (SSSR count). The van der Waals surface area contributed by atoms with Crippen molar-refractivity contribution in [2.24, 2.45) is 5.41 Å². The maximum atomic E-state index is 12.5. The number of hydrogen-bond donors (Lipinski definition) is 2. The van der Waals surface area contributed by atoms with Crippen LogP contribution < -0.4 is 9.64 Å². The number of aryl methyl sites for hydroxylation is 1. The first-order valence-corrected chi connectivity index (χ1v) is 13.0. The van der Waals surface area contributed by atoms with Crippen molar-refractivity contribution in [1.29, 1.82) is 0 Å². The number of aliphatic carboxylic acids is 1. The average molecular weight is 514 g/mol. The Kier molecular flexibility index (Phi) is 8.54. The number of carboxylic acids is 1. The summed E-state index contributed by atoms with van der Waals surface area (Å²) in [5.74, 6) is -0.437. The van der Waals surface area contributed by atoms with Gasteiger partial charge in [0.25, 0.3) is 0 Å². The molecule has 0 radical (unpaired) electrons. The van der Waals surface area contributed by atoms with Gasteiger partial charge in [0, 0.05) is 42.5 Å². The molecule has 0 aliphatic carbocycles. The Bertz CT molecular complexity index is 1070. The monoisotopic (exact) mass is 513 g/mol. The van der Waals surface area contributed by atoms with E-state index in [9.17, 15) is 15.0 Å². The molecule has 0 spiro atoms. The van der Waals surface area contributed by atoms with Crippen LogP contribution in [0.3, 0.4) is 0 Å². The summed E-state index contributed by atoms with van der Waals surface area (Å²) in [5.41, 5.74) is 2.25. The van der Waals surface area contributed by atoms with Crippen LogP contribution in [0.2, 0.25) is 0 Å². The second-order valence-electron chi connectivity index (χ2n) is 12.4. The summed E-state index contributed by atoms with van der Waals surface area (Å²) in [4.78, 5) is 24.0. The van der Waals surface area contributed by atoms with Gasteiger partial charge in [0.2, 0.25) is 0 Å². The number of aromatic nitrogens is 2. The Balaban J connectivity index is 2.06. The van der Waals surface area contributed by atoms with E-state index < -0.39 is 23.3 Å². The topological polar surface area (TPSA) is 105 Å². The molecule has 204 valence electrons. The van der Waals surface area contributed by atoms with Crippen LogP contribution in [0.15, 0.2) is 24.5 Å². The second kappa shape index (κ2) is 11.0. The molecule has 0 aromatic carbocycles. The number of hydrogen-bond acceptors (Lipinski definition) is 7. The van der Waals surface area contributed by atoms with Crippen molar-refractivity contribution in [3.8, 4) is 17.0 Å². The molecule has 8 heteroatoms. The summed E-state index contributed by atoms with van der Waals surface area (Å²) in [5, 5.41) is 20.2. The van der Waals surface area contributed by atoms with E-state index in [1.165, 1.54) is 0 Å². The Morgan fingerprint density at radius 2 is 1.76 bits per heavy atom. The maximum Gasteiger partial charge on any atom is 0.337 e. The van der Waals surface area contributed by atoms with Crippen LogP contribution >= 0.6 is 0 Å². The predicted octanol–water partition coefficient (Wildman–Crippen LogP) is 5.56. The summed E-state index contributed by atoms with van der Waals surface area (Å²) in [7, 11) is 0. The molecule has 1 atom stereocenters. The third-order valence-corrected chi connectivity index (χ3v) is 6.67. The fourth-order valence-corrected chi connectivity index (χ4v) is 4.42. The molecule has 2 N–H and O–H groups in total.